The third-order valence-electron chi connectivity index (χ3n) is 3.35. The summed E-state index contributed by atoms with van der Waals surface area (Å²) in [4.78, 5) is 0. The molecule has 0 saturated carbocycles. The molecule has 20 heavy (non-hydrogen) atoms. The molecule has 2 aromatic rings. The van der Waals surface area contributed by atoms with Crippen molar-refractivity contribution < 1.29 is 0 Å². The molecule has 0 amide bonds. The molecule has 3 heteroatoms. The van der Waals surface area contributed by atoms with Crippen molar-refractivity contribution in [3.8, 4) is 6.07 Å². The van der Waals surface area contributed by atoms with Crippen LogP contribution in [0.1, 0.15) is 25.8 Å². The third-order valence-corrected chi connectivity index (χ3v) is 4.28. The van der Waals surface area contributed by atoms with E-state index in [1.54, 1.807) is 0 Å². The van der Waals surface area contributed by atoms with Gasteiger partial charge in [0.15, 0.2) is 0 Å². The van der Waals surface area contributed by atoms with E-state index >= 15 is 0 Å². The first-order valence-electron chi connectivity index (χ1n) is 7.02. The van der Waals surface area contributed by atoms with E-state index in [9.17, 15) is 5.26 Å². The normalized spacial score (nSPS) is 12.1. The third kappa shape index (κ3) is 3.46. The van der Waals surface area contributed by atoms with Gasteiger partial charge in [-0.1, -0.05) is 31.2 Å². The summed E-state index contributed by atoms with van der Waals surface area (Å²) in [7, 11) is 0. The van der Waals surface area contributed by atoms with E-state index in [-0.39, 0.29) is 0 Å². The zero-order chi connectivity index (χ0) is 14.4. The van der Waals surface area contributed by atoms with Crippen molar-refractivity contribution in [2.24, 2.45) is 0 Å². The fraction of sp³-hybridized carbons (Fsp3) is 0.353. The molecule has 0 radical (unpaired) electrons. The highest BCUT2D eigenvalue weighted by atomic mass is 32.2. The Labute approximate surface area is 125 Å². The minimum Gasteiger partial charge on any atom is -0.382 e. The van der Waals surface area contributed by atoms with E-state index < -0.39 is 0 Å². The van der Waals surface area contributed by atoms with E-state index in [0.29, 0.717) is 6.04 Å². The molecule has 0 aliphatic heterocycles. The van der Waals surface area contributed by atoms with E-state index in [4.69, 9.17) is 0 Å². The van der Waals surface area contributed by atoms with Crippen molar-refractivity contribution in [2.45, 2.75) is 26.3 Å². The molecule has 2 nitrogen and oxygen atoms in total. The number of fused-ring (bicyclic) bond motifs is 1. The Morgan fingerprint density at radius 3 is 2.65 bits per heavy atom. The summed E-state index contributed by atoms with van der Waals surface area (Å²) in [5, 5.41) is 14.9. The van der Waals surface area contributed by atoms with Gasteiger partial charge in [0.1, 0.15) is 0 Å². The Bertz CT molecular complexity index is 616. The number of hydrogen-bond acceptors (Lipinski definition) is 3. The van der Waals surface area contributed by atoms with Crippen LogP contribution in [0.5, 0.6) is 0 Å². The second kappa shape index (κ2) is 7.21. The summed E-state index contributed by atoms with van der Waals surface area (Å²) in [6.07, 6.45) is 1.15. The highest BCUT2D eigenvalue weighted by molar-refractivity contribution is 7.99. The van der Waals surface area contributed by atoms with Crippen LogP contribution in [0.3, 0.4) is 0 Å². The molecule has 0 aliphatic rings. The summed E-state index contributed by atoms with van der Waals surface area (Å²) in [5.74, 6) is 2.35. The van der Waals surface area contributed by atoms with Gasteiger partial charge < -0.3 is 5.32 Å². The Morgan fingerprint density at radius 2 is 1.95 bits per heavy atom. The van der Waals surface area contributed by atoms with Crippen molar-refractivity contribution in [3.63, 3.8) is 0 Å². The van der Waals surface area contributed by atoms with Crippen molar-refractivity contribution in [2.75, 3.05) is 16.8 Å². The molecule has 0 bridgehead atoms. The van der Waals surface area contributed by atoms with Gasteiger partial charge in [-0.25, -0.2) is 0 Å². The Balaban J connectivity index is 2.21. The number of rotatable bonds is 6. The standard InChI is InChI=1S/C17H20N2S/c1-3-20-11-10-13(2)19-17-9-8-14(12-18)15-6-4-5-7-16(15)17/h4-9,13,19H,3,10-11H2,1-2H3. The van der Waals surface area contributed by atoms with Crippen LogP contribution in [0, 0.1) is 11.3 Å². The average Bonchev–Trinajstić information content (AvgIpc) is 2.48. The number of benzene rings is 2. The highest BCUT2D eigenvalue weighted by Gasteiger charge is 2.07. The number of nitrogens with zero attached hydrogens (tertiary/aromatic N) is 1. The van der Waals surface area contributed by atoms with Gasteiger partial charge in [0.25, 0.3) is 0 Å². The molecule has 0 saturated heterocycles. The summed E-state index contributed by atoms with van der Waals surface area (Å²) in [6, 6.07) is 14.7. The number of anilines is 1. The van der Waals surface area contributed by atoms with Crippen molar-refractivity contribution in [1.29, 1.82) is 5.26 Å². The molecule has 0 spiro atoms. The van der Waals surface area contributed by atoms with Crippen molar-refractivity contribution in [1.82, 2.24) is 0 Å². The average molecular weight is 284 g/mol. The van der Waals surface area contributed by atoms with Crippen molar-refractivity contribution >= 4 is 28.2 Å². The fourth-order valence-corrected chi connectivity index (χ4v) is 3.07. The molecule has 2 aromatic carbocycles. The molecule has 1 N–H and O–H groups in total. The number of thioether (sulfide) groups is 1. The molecule has 104 valence electrons. The summed E-state index contributed by atoms with van der Waals surface area (Å²) >= 11 is 1.97. The zero-order valence-corrected chi connectivity index (χ0v) is 12.8. The zero-order valence-electron chi connectivity index (χ0n) is 12.0. The van der Waals surface area contributed by atoms with Crippen LogP contribution in [-0.4, -0.2) is 17.5 Å². The predicted molar refractivity (Wildman–Crippen MR) is 89.4 cm³/mol. The van der Waals surface area contributed by atoms with Crippen LogP contribution in [0.4, 0.5) is 5.69 Å². The maximum absolute atomic E-state index is 9.18. The molecule has 1 unspecified atom stereocenters. The van der Waals surface area contributed by atoms with Crippen LogP contribution in [0.15, 0.2) is 36.4 Å². The highest BCUT2D eigenvalue weighted by Crippen LogP contribution is 2.27. The Kier molecular flexibility index (Phi) is 5.31. The quantitative estimate of drug-likeness (QED) is 0.784. The molecule has 2 rings (SSSR count). The lowest BCUT2D eigenvalue weighted by Crippen LogP contribution is -2.16. The maximum atomic E-state index is 9.18. The Hall–Kier alpha value is -1.66. The molecule has 0 aliphatic carbocycles. The van der Waals surface area contributed by atoms with Crippen LogP contribution < -0.4 is 5.32 Å². The molecule has 0 aromatic heterocycles. The predicted octanol–water partition coefficient (Wildman–Crippen LogP) is 4.66. The van der Waals surface area contributed by atoms with Gasteiger partial charge in [0.2, 0.25) is 0 Å². The van der Waals surface area contributed by atoms with E-state index in [2.05, 4.69) is 31.3 Å². The van der Waals surface area contributed by atoms with Gasteiger partial charge in [0, 0.05) is 22.5 Å². The first-order chi connectivity index (χ1) is 9.76. The number of nitriles is 1. The second-order valence-corrected chi connectivity index (χ2v) is 6.24. The van der Waals surface area contributed by atoms with Gasteiger partial charge in [-0.15, -0.1) is 0 Å². The topological polar surface area (TPSA) is 35.8 Å². The van der Waals surface area contributed by atoms with E-state index in [0.717, 1.165) is 28.4 Å². The van der Waals surface area contributed by atoms with E-state index in [1.165, 1.54) is 11.5 Å². The number of hydrogen-bond donors (Lipinski definition) is 1. The lowest BCUT2D eigenvalue weighted by atomic mass is 10.0. The first kappa shape index (κ1) is 14.7. The summed E-state index contributed by atoms with van der Waals surface area (Å²) in [5.41, 5.74) is 1.86. The molecule has 0 fully saturated rings. The van der Waals surface area contributed by atoms with Gasteiger partial charge in [0.05, 0.1) is 11.6 Å². The lowest BCUT2D eigenvalue weighted by molar-refractivity contribution is 0.773. The van der Waals surface area contributed by atoms with Crippen LogP contribution >= 0.6 is 11.8 Å². The summed E-state index contributed by atoms with van der Waals surface area (Å²) in [6.45, 7) is 4.40. The van der Waals surface area contributed by atoms with Gasteiger partial charge in [-0.2, -0.15) is 17.0 Å². The molecular weight excluding hydrogens is 264 g/mol. The number of nitrogens with one attached hydrogen (secondary N) is 1. The monoisotopic (exact) mass is 284 g/mol. The maximum Gasteiger partial charge on any atom is 0.0998 e. The van der Waals surface area contributed by atoms with Gasteiger partial charge in [-0.3, -0.25) is 0 Å². The van der Waals surface area contributed by atoms with Crippen LogP contribution in [0.25, 0.3) is 10.8 Å². The fourth-order valence-electron chi connectivity index (χ4n) is 2.26. The Morgan fingerprint density at radius 1 is 1.20 bits per heavy atom. The smallest absolute Gasteiger partial charge is 0.0998 e. The van der Waals surface area contributed by atoms with Gasteiger partial charge >= 0.3 is 0 Å². The van der Waals surface area contributed by atoms with Gasteiger partial charge in [-0.05, 0) is 37.0 Å². The SMILES string of the molecule is CCSCCC(C)Nc1ccc(C#N)c2ccccc12. The van der Waals surface area contributed by atoms with Crippen molar-refractivity contribution in [3.05, 3.63) is 42.0 Å². The minimum atomic E-state index is 0.436. The summed E-state index contributed by atoms with van der Waals surface area (Å²) < 4.78 is 0. The van der Waals surface area contributed by atoms with E-state index in [1.807, 2.05) is 42.1 Å². The van der Waals surface area contributed by atoms with Crippen LogP contribution in [-0.2, 0) is 0 Å². The molecule has 1 atom stereocenters. The minimum absolute atomic E-state index is 0.436. The second-order valence-electron chi connectivity index (χ2n) is 4.85. The largest absolute Gasteiger partial charge is 0.382 e. The molecule has 0 heterocycles. The first-order valence-corrected chi connectivity index (χ1v) is 8.18. The lowest BCUT2D eigenvalue weighted by Gasteiger charge is -2.17. The van der Waals surface area contributed by atoms with Crippen LogP contribution in [0.2, 0.25) is 0 Å². The molecular formula is C17H20N2S.